The molecule has 0 radical (unpaired) electrons. The van der Waals surface area contributed by atoms with E-state index in [4.69, 9.17) is 28.6 Å². The van der Waals surface area contributed by atoms with Gasteiger partial charge in [0.2, 0.25) is 0 Å². The molecule has 3 rings (SSSR count). The lowest BCUT2D eigenvalue weighted by molar-refractivity contribution is -0.384. The summed E-state index contributed by atoms with van der Waals surface area (Å²) >= 11 is 12.5. The standard InChI is InChI=1S/C19H13ClF3N3O5S2/c1-30-17(27)16-15(20)13-3-2-9(6-14(13)33-16)24-18(32)25-10-4-11(26(28)29)7-12(5-10)31-8-19(21,22)23/h2-7H,8H2,1H3,(H2,24,25,32). The Hall–Kier alpha value is -3.16. The number of hydrogen-bond acceptors (Lipinski definition) is 7. The number of rotatable bonds is 6. The smallest absolute Gasteiger partial charge is 0.422 e. The van der Waals surface area contributed by atoms with Crippen molar-refractivity contribution in [1.29, 1.82) is 0 Å². The lowest BCUT2D eigenvalue weighted by Crippen LogP contribution is -2.20. The summed E-state index contributed by atoms with van der Waals surface area (Å²) < 4.78 is 47.2. The fourth-order valence-electron chi connectivity index (χ4n) is 2.67. The molecular weight excluding hydrogens is 507 g/mol. The van der Waals surface area contributed by atoms with Crippen molar-refractivity contribution in [2.24, 2.45) is 0 Å². The number of anilines is 2. The Morgan fingerprint density at radius 1 is 1.21 bits per heavy atom. The summed E-state index contributed by atoms with van der Waals surface area (Å²) in [5.41, 5.74) is 0.0744. The van der Waals surface area contributed by atoms with E-state index in [1.165, 1.54) is 7.11 Å². The minimum atomic E-state index is -4.61. The van der Waals surface area contributed by atoms with Crippen LogP contribution < -0.4 is 15.4 Å². The van der Waals surface area contributed by atoms with E-state index in [-0.39, 0.29) is 26.4 Å². The van der Waals surface area contributed by atoms with Crippen molar-refractivity contribution in [2.45, 2.75) is 6.18 Å². The zero-order chi connectivity index (χ0) is 24.3. The van der Waals surface area contributed by atoms with Crippen LogP contribution in [0.25, 0.3) is 10.1 Å². The molecule has 1 aromatic heterocycles. The van der Waals surface area contributed by atoms with Gasteiger partial charge in [-0.1, -0.05) is 11.6 Å². The number of nitro benzene ring substituents is 1. The van der Waals surface area contributed by atoms with Crippen molar-refractivity contribution < 1.29 is 32.4 Å². The minimum Gasteiger partial charge on any atom is -0.484 e. The predicted octanol–water partition coefficient (Wildman–Crippen LogP) is 6.00. The molecule has 0 bridgehead atoms. The van der Waals surface area contributed by atoms with Crippen molar-refractivity contribution in [3.05, 3.63) is 56.4 Å². The Balaban J connectivity index is 1.78. The van der Waals surface area contributed by atoms with Crippen LogP contribution in [0.5, 0.6) is 5.75 Å². The maximum Gasteiger partial charge on any atom is 0.422 e. The second-order valence-corrected chi connectivity index (χ2v) is 8.24. The number of carbonyl (C=O) groups is 1. The molecule has 0 aliphatic rings. The average molecular weight is 520 g/mol. The number of non-ortho nitro benzene ring substituents is 1. The molecule has 1 heterocycles. The van der Waals surface area contributed by atoms with Crippen LogP contribution in [0.1, 0.15) is 9.67 Å². The van der Waals surface area contributed by atoms with Crippen LogP contribution in [0.2, 0.25) is 5.02 Å². The third-order valence-corrected chi connectivity index (χ3v) is 5.86. The number of hydrogen-bond donors (Lipinski definition) is 2. The molecule has 14 heteroatoms. The Bertz CT molecular complexity index is 1250. The summed E-state index contributed by atoms with van der Waals surface area (Å²) in [5, 5.41) is 17.5. The highest BCUT2D eigenvalue weighted by molar-refractivity contribution is 7.80. The zero-order valence-electron chi connectivity index (χ0n) is 16.5. The predicted molar refractivity (Wildman–Crippen MR) is 123 cm³/mol. The van der Waals surface area contributed by atoms with Crippen LogP contribution in [0, 0.1) is 10.1 Å². The lowest BCUT2D eigenvalue weighted by atomic mass is 10.2. The van der Waals surface area contributed by atoms with Gasteiger partial charge in [-0.25, -0.2) is 4.79 Å². The molecule has 33 heavy (non-hydrogen) atoms. The molecule has 2 aromatic carbocycles. The first kappa shape index (κ1) is 24.5. The molecule has 0 atom stereocenters. The van der Waals surface area contributed by atoms with E-state index in [1.54, 1.807) is 18.2 Å². The Morgan fingerprint density at radius 2 is 1.91 bits per heavy atom. The number of fused-ring (bicyclic) bond motifs is 1. The molecule has 0 saturated heterocycles. The van der Waals surface area contributed by atoms with Gasteiger partial charge in [-0.15, -0.1) is 11.3 Å². The van der Waals surface area contributed by atoms with Gasteiger partial charge in [-0.2, -0.15) is 13.2 Å². The van der Waals surface area contributed by atoms with Gasteiger partial charge in [0.05, 0.1) is 28.8 Å². The number of thiocarbonyl (C=S) groups is 1. The number of nitrogens with one attached hydrogen (secondary N) is 2. The fraction of sp³-hybridized carbons (Fsp3) is 0.158. The van der Waals surface area contributed by atoms with E-state index < -0.39 is 29.4 Å². The van der Waals surface area contributed by atoms with Crippen LogP contribution in [0.3, 0.4) is 0 Å². The van der Waals surface area contributed by atoms with Crippen LogP contribution in [-0.4, -0.2) is 35.9 Å². The third kappa shape index (κ3) is 6.21. The highest BCUT2D eigenvalue weighted by Crippen LogP contribution is 2.37. The van der Waals surface area contributed by atoms with Crippen LogP contribution >= 0.6 is 35.2 Å². The van der Waals surface area contributed by atoms with Crippen molar-refractivity contribution in [1.82, 2.24) is 0 Å². The zero-order valence-corrected chi connectivity index (χ0v) is 18.9. The molecule has 8 nitrogen and oxygen atoms in total. The molecule has 0 aliphatic heterocycles. The number of alkyl halides is 3. The number of nitrogens with zero attached hydrogens (tertiary/aromatic N) is 1. The maximum atomic E-state index is 12.4. The van der Waals surface area contributed by atoms with Gasteiger partial charge >= 0.3 is 12.1 Å². The molecule has 0 amide bonds. The summed E-state index contributed by atoms with van der Waals surface area (Å²) in [5.74, 6) is -0.918. The molecule has 0 saturated carbocycles. The van der Waals surface area contributed by atoms with E-state index in [9.17, 15) is 28.1 Å². The SMILES string of the molecule is COC(=O)c1sc2cc(NC(=S)Nc3cc(OCC(F)(F)F)cc([N+](=O)[O-])c3)ccc2c1Cl. The highest BCUT2D eigenvalue weighted by Gasteiger charge is 2.29. The van der Waals surface area contributed by atoms with Crippen molar-refractivity contribution in [3.63, 3.8) is 0 Å². The van der Waals surface area contributed by atoms with Gasteiger partial charge in [0.1, 0.15) is 10.6 Å². The van der Waals surface area contributed by atoms with Gasteiger partial charge in [0.25, 0.3) is 5.69 Å². The Morgan fingerprint density at radius 3 is 2.55 bits per heavy atom. The van der Waals surface area contributed by atoms with E-state index in [0.29, 0.717) is 15.8 Å². The van der Waals surface area contributed by atoms with Crippen LogP contribution in [0.4, 0.5) is 30.2 Å². The van der Waals surface area contributed by atoms with Gasteiger partial charge in [-0.3, -0.25) is 10.1 Å². The topological polar surface area (TPSA) is 103 Å². The van der Waals surface area contributed by atoms with Crippen molar-refractivity contribution >= 4 is 73.4 Å². The molecule has 0 aliphatic carbocycles. The van der Waals surface area contributed by atoms with E-state index in [0.717, 1.165) is 29.5 Å². The van der Waals surface area contributed by atoms with Gasteiger partial charge in [0.15, 0.2) is 11.7 Å². The van der Waals surface area contributed by atoms with Crippen molar-refractivity contribution in [3.8, 4) is 5.75 Å². The summed E-state index contributed by atoms with van der Waals surface area (Å²) in [7, 11) is 1.24. The first-order chi connectivity index (χ1) is 15.5. The Labute approximate surface area is 198 Å². The lowest BCUT2D eigenvalue weighted by Gasteiger charge is -2.13. The van der Waals surface area contributed by atoms with Gasteiger partial charge < -0.3 is 20.1 Å². The molecule has 0 fully saturated rings. The summed E-state index contributed by atoms with van der Waals surface area (Å²) in [6, 6.07) is 8.11. The number of thiophene rings is 1. The van der Waals surface area contributed by atoms with Crippen LogP contribution in [-0.2, 0) is 4.74 Å². The summed E-state index contributed by atoms with van der Waals surface area (Å²) in [6.45, 7) is -1.60. The highest BCUT2D eigenvalue weighted by atomic mass is 35.5. The minimum absolute atomic E-state index is 0.00691. The summed E-state index contributed by atoms with van der Waals surface area (Å²) in [6.07, 6.45) is -4.61. The fourth-order valence-corrected chi connectivity index (χ4v) is 4.37. The third-order valence-electron chi connectivity index (χ3n) is 4.02. The molecule has 0 unspecified atom stereocenters. The number of halogens is 4. The summed E-state index contributed by atoms with van der Waals surface area (Å²) in [4.78, 5) is 22.4. The van der Waals surface area contributed by atoms with E-state index in [2.05, 4.69) is 15.4 Å². The second-order valence-electron chi connectivity index (χ2n) is 6.40. The largest absolute Gasteiger partial charge is 0.484 e. The molecule has 3 aromatic rings. The number of ether oxygens (including phenoxy) is 2. The molecular formula is C19H13ClF3N3O5S2. The van der Waals surface area contributed by atoms with E-state index >= 15 is 0 Å². The number of benzene rings is 2. The molecule has 174 valence electrons. The Kier molecular flexibility index (Phi) is 7.25. The number of esters is 1. The molecule has 2 N–H and O–H groups in total. The van der Waals surface area contributed by atoms with Gasteiger partial charge in [0, 0.05) is 27.9 Å². The first-order valence-electron chi connectivity index (χ1n) is 8.84. The number of nitro groups is 1. The number of methoxy groups -OCH3 is 1. The normalized spacial score (nSPS) is 11.2. The van der Waals surface area contributed by atoms with Crippen LogP contribution in [0.15, 0.2) is 36.4 Å². The second kappa shape index (κ2) is 9.77. The monoisotopic (exact) mass is 519 g/mol. The number of carbonyl (C=O) groups excluding carboxylic acids is 1. The first-order valence-corrected chi connectivity index (χ1v) is 10.4. The van der Waals surface area contributed by atoms with Crippen molar-refractivity contribution in [2.75, 3.05) is 24.4 Å². The molecule has 0 spiro atoms. The average Bonchev–Trinajstić information content (AvgIpc) is 3.06. The van der Waals surface area contributed by atoms with E-state index in [1.807, 2.05) is 0 Å². The maximum absolute atomic E-state index is 12.4. The van der Waals surface area contributed by atoms with Gasteiger partial charge in [-0.05, 0) is 30.4 Å². The quantitative estimate of drug-likeness (QED) is 0.177.